The number of aromatic amines is 1. The molecule has 2 aromatic rings. The number of aromatic nitrogens is 2. The van der Waals surface area contributed by atoms with Gasteiger partial charge in [-0.15, -0.1) is 11.3 Å². The summed E-state index contributed by atoms with van der Waals surface area (Å²) >= 11 is 4.88. The largest absolute Gasteiger partial charge is 0.469 e. The number of H-pyrrole nitrogens is 1. The van der Waals surface area contributed by atoms with Gasteiger partial charge < -0.3 is 10.1 Å². The van der Waals surface area contributed by atoms with Crippen LogP contribution in [0.25, 0.3) is 0 Å². The van der Waals surface area contributed by atoms with Crippen molar-refractivity contribution in [2.45, 2.75) is 32.2 Å². The molecule has 0 spiro atoms. The van der Waals surface area contributed by atoms with Gasteiger partial charge in [0, 0.05) is 4.88 Å². The number of methoxy groups -OCH3 is 1. The molecule has 2 aromatic heterocycles. The number of rotatable bonds is 6. The molecule has 2 heterocycles. The number of thiophene rings is 1. The second kappa shape index (κ2) is 7.74. The lowest BCUT2D eigenvalue weighted by atomic mass is 10.1. The maximum atomic E-state index is 12.5. The molecule has 8 heteroatoms. The number of halogens is 1. The Bertz CT molecular complexity index is 682. The van der Waals surface area contributed by atoms with E-state index < -0.39 is 6.04 Å². The minimum atomic E-state index is -0.443. The Morgan fingerprint density at radius 3 is 2.74 bits per heavy atom. The maximum Gasteiger partial charge on any atom is 0.307 e. The van der Waals surface area contributed by atoms with E-state index in [2.05, 4.69) is 31.4 Å². The average molecular weight is 400 g/mol. The van der Waals surface area contributed by atoms with Crippen molar-refractivity contribution in [3.8, 4) is 0 Å². The molecule has 0 aromatic carbocycles. The molecule has 0 radical (unpaired) electrons. The predicted molar refractivity (Wildman–Crippen MR) is 91.5 cm³/mol. The summed E-state index contributed by atoms with van der Waals surface area (Å²) in [6.45, 7) is 4.01. The summed E-state index contributed by atoms with van der Waals surface area (Å²) < 4.78 is 5.35. The molecular formula is C15H18BrN3O3S. The van der Waals surface area contributed by atoms with Gasteiger partial charge in [0.2, 0.25) is 0 Å². The molecule has 1 unspecified atom stereocenters. The summed E-state index contributed by atoms with van der Waals surface area (Å²) in [5.41, 5.74) is 1.14. The highest BCUT2D eigenvalue weighted by molar-refractivity contribution is 9.10. The topological polar surface area (TPSA) is 84.1 Å². The molecular weight excluding hydrogens is 382 g/mol. The van der Waals surface area contributed by atoms with Crippen LogP contribution in [0.2, 0.25) is 0 Å². The van der Waals surface area contributed by atoms with Gasteiger partial charge >= 0.3 is 5.97 Å². The zero-order valence-corrected chi connectivity index (χ0v) is 15.5. The smallest absolute Gasteiger partial charge is 0.307 e. The van der Waals surface area contributed by atoms with Gasteiger partial charge in [0.25, 0.3) is 5.91 Å². The van der Waals surface area contributed by atoms with Crippen LogP contribution < -0.4 is 5.32 Å². The van der Waals surface area contributed by atoms with Crippen LogP contribution in [-0.2, 0) is 9.53 Å². The van der Waals surface area contributed by atoms with E-state index in [4.69, 9.17) is 4.74 Å². The second-order valence-electron chi connectivity index (χ2n) is 5.28. The van der Waals surface area contributed by atoms with Gasteiger partial charge in [-0.1, -0.05) is 19.9 Å². The summed E-state index contributed by atoms with van der Waals surface area (Å²) in [6, 6.07) is 3.30. The maximum absolute atomic E-state index is 12.5. The SMILES string of the molecule is COC(=O)CC(NC(=O)c1n[nH]c(C(C)C)c1Br)c1cccs1. The lowest BCUT2D eigenvalue weighted by molar-refractivity contribution is -0.141. The van der Waals surface area contributed by atoms with Crippen LogP contribution in [0, 0.1) is 0 Å². The zero-order valence-electron chi connectivity index (χ0n) is 13.1. The van der Waals surface area contributed by atoms with Crippen LogP contribution in [0.5, 0.6) is 0 Å². The van der Waals surface area contributed by atoms with Crippen molar-refractivity contribution in [1.82, 2.24) is 15.5 Å². The zero-order chi connectivity index (χ0) is 17.0. The van der Waals surface area contributed by atoms with Crippen molar-refractivity contribution in [2.24, 2.45) is 0 Å². The minimum absolute atomic E-state index is 0.0713. The van der Waals surface area contributed by atoms with Crippen LogP contribution in [0.1, 0.15) is 53.3 Å². The van der Waals surface area contributed by atoms with E-state index in [1.165, 1.54) is 18.4 Å². The molecule has 124 valence electrons. The third-order valence-electron chi connectivity index (χ3n) is 3.32. The molecule has 23 heavy (non-hydrogen) atoms. The summed E-state index contributed by atoms with van der Waals surface area (Å²) in [6.07, 6.45) is 0.0713. The van der Waals surface area contributed by atoms with E-state index in [-0.39, 0.29) is 29.9 Å². The summed E-state index contributed by atoms with van der Waals surface area (Å²) in [5, 5.41) is 11.7. The Kier molecular flexibility index (Phi) is 5.95. The van der Waals surface area contributed by atoms with Crippen LogP contribution in [0.3, 0.4) is 0 Å². The standard InChI is InChI=1S/C15H18BrN3O3S/c1-8(2)13-12(16)14(19-18-13)15(21)17-9(7-11(20)22-3)10-5-4-6-23-10/h4-6,8-9H,7H2,1-3H3,(H,17,21)(H,18,19). The van der Waals surface area contributed by atoms with E-state index >= 15 is 0 Å². The number of ether oxygens (including phenoxy) is 1. The summed E-state index contributed by atoms with van der Waals surface area (Å²) in [7, 11) is 1.33. The molecule has 6 nitrogen and oxygen atoms in total. The number of nitrogens with one attached hydrogen (secondary N) is 2. The molecule has 0 saturated heterocycles. The van der Waals surface area contributed by atoms with Crippen molar-refractivity contribution in [1.29, 1.82) is 0 Å². The monoisotopic (exact) mass is 399 g/mol. The highest BCUT2D eigenvalue weighted by Crippen LogP contribution is 2.27. The third kappa shape index (κ3) is 4.20. The quantitative estimate of drug-likeness (QED) is 0.728. The van der Waals surface area contributed by atoms with Gasteiger partial charge in [-0.2, -0.15) is 5.10 Å². The fourth-order valence-corrected chi connectivity index (χ4v) is 3.66. The van der Waals surface area contributed by atoms with Crippen LogP contribution in [0.15, 0.2) is 22.0 Å². The first-order chi connectivity index (χ1) is 10.9. The average Bonchev–Trinajstić information content (AvgIpc) is 3.15. The van der Waals surface area contributed by atoms with Gasteiger partial charge in [-0.3, -0.25) is 14.7 Å². The lowest BCUT2D eigenvalue weighted by Gasteiger charge is -2.15. The highest BCUT2D eigenvalue weighted by atomic mass is 79.9. The van der Waals surface area contributed by atoms with E-state index in [0.717, 1.165) is 10.6 Å². The molecule has 0 fully saturated rings. The Morgan fingerprint density at radius 2 is 2.22 bits per heavy atom. The molecule has 2 rings (SSSR count). The Balaban J connectivity index is 2.19. The highest BCUT2D eigenvalue weighted by Gasteiger charge is 2.24. The lowest BCUT2D eigenvalue weighted by Crippen LogP contribution is -2.30. The molecule has 0 aliphatic carbocycles. The van der Waals surface area contributed by atoms with Gasteiger partial charge in [-0.05, 0) is 33.3 Å². The predicted octanol–water partition coefficient (Wildman–Crippen LogP) is 3.39. The van der Waals surface area contributed by atoms with Gasteiger partial charge in [-0.25, -0.2) is 0 Å². The van der Waals surface area contributed by atoms with Crippen LogP contribution in [0.4, 0.5) is 0 Å². The third-order valence-corrected chi connectivity index (χ3v) is 5.10. The number of carbonyl (C=O) groups excluding carboxylic acids is 2. The molecule has 2 N–H and O–H groups in total. The number of hydrogen-bond donors (Lipinski definition) is 2. The molecule has 0 aliphatic rings. The van der Waals surface area contributed by atoms with Crippen LogP contribution in [-0.4, -0.2) is 29.2 Å². The van der Waals surface area contributed by atoms with Crippen molar-refractivity contribution in [3.63, 3.8) is 0 Å². The van der Waals surface area contributed by atoms with E-state index in [0.29, 0.717) is 4.47 Å². The minimum Gasteiger partial charge on any atom is -0.469 e. The van der Waals surface area contributed by atoms with Gasteiger partial charge in [0.1, 0.15) is 0 Å². The summed E-state index contributed by atoms with van der Waals surface area (Å²) in [4.78, 5) is 25.0. The number of carbonyl (C=O) groups is 2. The van der Waals surface area contributed by atoms with E-state index in [1.807, 2.05) is 31.4 Å². The molecule has 0 saturated carbocycles. The van der Waals surface area contributed by atoms with Gasteiger partial charge in [0.05, 0.1) is 29.7 Å². The van der Waals surface area contributed by atoms with E-state index in [9.17, 15) is 9.59 Å². The normalized spacial score (nSPS) is 12.2. The first-order valence-corrected chi connectivity index (χ1v) is 8.76. The van der Waals surface area contributed by atoms with E-state index in [1.54, 1.807) is 0 Å². The molecule has 1 atom stereocenters. The molecule has 0 bridgehead atoms. The molecule has 1 amide bonds. The number of nitrogens with zero attached hydrogens (tertiary/aromatic N) is 1. The van der Waals surface area contributed by atoms with Crippen LogP contribution >= 0.6 is 27.3 Å². The Hall–Kier alpha value is -1.67. The molecule has 0 aliphatic heterocycles. The Morgan fingerprint density at radius 1 is 1.48 bits per heavy atom. The Labute approximate surface area is 146 Å². The number of amides is 1. The second-order valence-corrected chi connectivity index (χ2v) is 7.05. The fraction of sp³-hybridized carbons (Fsp3) is 0.400. The number of esters is 1. The van der Waals surface area contributed by atoms with Crippen molar-refractivity contribution in [3.05, 3.63) is 38.3 Å². The van der Waals surface area contributed by atoms with Gasteiger partial charge in [0.15, 0.2) is 5.69 Å². The number of hydrogen-bond acceptors (Lipinski definition) is 5. The first kappa shape index (κ1) is 17.7. The fourth-order valence-electron chi connectivity index (χ4n) is 2.06. The first-order valence-electron chi connectivity index (χ1n) is 7.08. The summed E-state index contributed by atoms with van der Waals surface area (Å²) in [5.74, 6) is -0.517. The van der Waals surface area contributed by atoms with Crippen molar-refractivity contribution in [2.75, 3.05) is 7.11 Å². The van der Waals surface area contributed by atoms with Crippen molar-refractivity contribution >= 4 is 39.1 Å². The van der Waals surface area contributed by atoms with Crippen molar-refractivity contribution < 1.29 is 14.3 Å².